The quantitative estimate of drug-likeness (QED) is 0.115. The summed E-state index contributed by atoms with van der Waals surface area (Å²) in [5.41, 5.74) is 4.18. The van der Waals surface area contributed by atoms with Crippen molar-refractivity contribution in [1.29, 1.82) is 0 Å². The highest BCUT2D eigenvalue weighted by molar-refractivity contribution is 5.80. The van der Waals surface area contributed by atoms with E-state index >= 15 is 4.79 Å². The summed E-state index contributed by atoms with van der Waals surface area (Å²) < 4.78 is 14.8. The molecule has 5 rings (SSSR count). The van der Waals surface area contributed by atoms with Crippen LogP contribution in [-0.4, -0.2) is 64.2 Å². The third-order valence-corrected chi connectivity index (χ3v) is 8.34. The van der Waals surface area contributed by atoms with E-state index in [-0.39, 0.29) is 30.2 Å². The molecule has 0 N–H and O–H groups in total. The normalized spacial score (nSPS) is 17.4. The lowest BCUT2D eigenvalue weighted by Crippen LogP contribution is -2.47. The SMILES string of the molecule is COc1ccc(/C=C/C=[N+](\C(C)C)N2C(=O)N(/[N+](=C/C=C/c3ccc(OC)cc3)C(C)C)[C@H](c3ccccc3)[C@H]2c2ccccc2)cc1. The van der Waals surface area contributed by atoms with E-state index in [0.29, 0.717) is 0 Å². The maximum absolute atomic E-state index is 15.0. The van der Waals surface area contributed by atoms with E-state index < -0.39 is 0 Å². The van der Waals surface area contributed by atoms with Crippen LogP contribution in [-0.2, 0) is 0 Å². The van der Waals surface area contributed by atoms with Crippen molar-refractivity contribution in [2.24, 2.45) is 0 Å². The highest BCUT2D eigenvalue weighted by atomic mass is 16.5. The second kappa shape index (κ2) is 15.9. The number of carbonyl (C=O) groups excluding carboxylic acids is 1. The maximum atomic E-state index is 15.0. The molecule has 0 spiro atoms. The van der Waals surface area contributed by atoms with Crippen LogP contribution in [0.5, 0.6) is 11.5 Å². The van der Waals surface area contributed by atoms with Gasteiger partial charge in [0.25, 0.3) is 0 Å². The number of amides is 2. The number of rotatable bonds is 12. The van der Waals surface area contributed by atoms with Crippen LogP contribution in [0.25, 0.3) is 12.2 Å². The van der Waals surface area contributed by atoms with E-state index in [1.54, 1.807) is 14.2 Å². The van der Waals surface area contributed by atoms with Gasteiger partial charge in [-0.25, -0.2) is 4.79 Å². The lowest BCUT2D eigenvalue weighted by molar-refractivity contribution is -0.707. The summed E-state index contributed by atoms with van der Waals surface area (Å²) in [6, 6.07) is 35.7. The molecule has 1 fully saturated rings. The molecule has 2 atom stereocenters. The molecule has 1 aliphatic heterocycles. The van der Waals surface area contributed by atoms with Gasteiger partial charge >= 0.3 is 6.03 Å². The van der Waals surface area contributed by atoms with Gasteiger partial charge in [0.1, 0.15) is 11.5 Å². The fourth-order valence-electron chi connectivity index (χ4n) is 5.94. The zero-order chi connectivity index (χ0) is 34.0. The molecule has 1 aliphatic rings. The lowest BCUT2D eigenvalue weighted by atomic mass is 9.94. The Balaban J connectivity index is 1.63. The standard InChI is InChI=1S/C41H46N4O3/c1-31(2)42(29-13-15-33-21-25-37(47-5)26-22-33)44-39(35-17-9-7-10-18-35)40(36-19-11-8-12-20-36)45(41(44)46)43(32(3)4)30-14-16-34-23-27-38(48-6)28-24-34/h7-32,39-40H,1-6H3/q+2/b15-13+,16-14+,42-29+,43-30+/t39-,40-/m1/s1. The van der Waals surface area contributed by atoms with Crippen LogP contribution in [0.4, 0.5) is 4.79 Å². The lowest BCUT2D eigenvalue weighted by Gasteiger charge is -2.25. The first-order valence-electron chi connectivity index (χ1n) is 16.4. The highest BCUT2D eigenvalue weighted by Crippen LogP contribution is 2.45. The number of benzene rings is 4. The van der Waals surface area contributed by atoms with Gasteiger partial charge in [-0.1, -0.05) is 94.9 Å². The van der Waals surface area contributed by atoms with E-state index in [1.165, 1.54) is 0 Å². The number of ether oxygens (including phenoxy) is 2. The summed E-state index contributed by atoms with van der Waals surface area (Å²) in [6.45, 7) is 8.43. The molecular weight excluding hydrogens is 596 g/mol. The predicted octanol–water partition coefficient (Wildman–Crippen LogP) is 8.46. The van der Waals surface area contributed by atoms with Crippen molar-refractivity contribution in [3.05, 3.63) is 144 Å². The first kappa shape index (κ1) is 33.9. The van der Waals surface area contributed by atoms with E-state index in [9.17, 15) is 0 Å². The molecule has 0 aromatic heterocycles. The second-order valence-electron chi connectivity index (χ2n) is 12.2. The van der Waals surface area contributed by atoms with Gasteiger partial charge in [0.15, 0.2) is 36.6 Å². The van der Waals surface area contributed by atoms with Crippen LogP contribution in [0.15, 0.2) is 121 Å². The van der Waals surface area contributed by atoms with E-state index in [4.69, 9.17) is 9.47 Å². The first-order chi connectivity index (χ1) is 23.3. The van der Waals surface area contributed by atoms with Gasteiger partial charge in [0, 0.05) is 12.2 Å². The minimum Gasteiger partial charge on any atom is -0.497 e. The van der Waals surface area contributed by atoms with Crippen LogP contribution >= 0.6 is 0 Å². The highest BCUT2D eigenvalue weighted by Gasteiger charge is 2.58. The Morgan fingerprint density at radius 2 is 0.917 bits per heavy atom. The first-order valence-corrected chi connectivity index (χ1v) is 16.4. The van der Waals surface area contributed by atoms with Crippen LogP contribution in [0.1, 0.15) is 62.0 Å². The molecule has 7 heteroatoms. The van der Waals surface area contributed by atoms with Crippen molar-refractivity contribution < 1.29 is 23.6 Å². The molecule has 0 bridgehead atoms. The molecule has 0 aliphatic carbocycles. The summed E-state index contributed by atoms with van der Waals surface area (Å²) >= 11 is 0. The fourth-order valence-corrected chi connectivity index (χ4v) is 5.94. The van der Waals surface area contributed by atoms with E-state index in [1.807, 2.05) is 132 Å². The molecule has 1 heterocycles. The molecule has 1 saturated heterocycles. The zero-order valence-electron chi connectivity index (χ0n) is 28.7. The van der Waals surface area contributed by atoms with E-state index in [2.05, 4.69) is 61.3 Å². The third-order valence-electron chi connectivity index (χ3n) is 8.34. The van der Waals surface area contributed by atoms with Crippen LogP contribution in [0, 0.1) is 0 Å². The molecule has 0 radical (unpaired) electrons. The molecule has 48 heavy (non-hydrogen) atoms. The van der Waals surface area contributed by atoms with Crippen LogP contribution in [0.2, 0.25) is 0 Å². The molecule has 0 unspecified atom stereocenters. The number of urea groups is 1. The van der Waals surface area contributed by atoms with Gasteiger partial charge in [0.2, 0.25) is 0 Å². The van der Waals surface area contributed by atoms with Gasteiger partial charge in [-0.3, -0.25) is 0 Å². The molecule has 4 aromatic carbocycles. The summed E-state index contributed by atoms with van der Waals surface area (Å²) in [5.74, 6) is 1.62. The zero-order valence-corrected chi connectivity index (χ0v) is 28.7. The minimum absolute atomic E-state index is 0.0106. The van der Waals surface area contributed by atoms with Gasteiger partial charge in [-0.2, -0.15) is 0 Å². The van der Waals surface area contributed by atoms with Crippen LogP contribution < -0.4 is 9.47 Å². The molecule has 246 valence electrons. The molecule has 0 saturated carbocycles. The molecular formula is C41H46N4O3+2. The number of hydrazone groups is 2. The number of allylic oxidation sites excluding steroid dienone is 2. The molecule has 4 aromatic rings. The van der Waals surface area contributed by atoms with E-state index in [0.717, 1.165) is 33.8 Å². The van der Waals surface area contributed by atoms with Crippen molar-refractivity contribution in [1.82, 2.24) is 10.0 Å². The summed E-state index contributed by atoms with van der Waals surface area (Å²) in [6.07, 6.45) is 12.1. The summed E-state index contributed by atoms with van der Waals surface area (Å²) in [4.78, 5) is 15.0. The fraction of sp³-hybridized carbons (Fsp3) is 0.244. The Morgan fingerprint density at radius 1 is 0.562 bits per heavy atom. The molecule has 2 amide bonds. The Hall–Kier alpha value is -5.43. The number of hydrazine groups is 2. The Morgan fingerprint density at radius 3 is 1.23 bits per heavy atom. The van der Waals surface area contributed by atoms with Gasteiger partial charge < -0.3 is 9.47 Å². The topological polar surface area (TPSA) is 48.0 Å². The average Bonchev–Trinajstić information content (AvgIpc) is 3.41. The number of hydrogen-bond acceptors (Lipinski definition) is 3. The molecule has 7 nitrogen and oxygen atoms in total. The minimum atomic E-state index is -0.311. The number of carbonyl (C=O) groups is 1. The van der Waals surface area contributed by atoms with Crippen molar-refractivity contribution in [2.75, 3.05) is 14.2 Å². The predicted molar refractivity (Wildman–Crippen MR) is 194 cm³/mol. The van der Waals surface area contributed by atoms with Gasteiger partial charge in [-0.15, -0.1) is 9.37 Å². The maximum Gasteiger partial charge on any atom is 0.427 e. The van der Waals surface area contributed by atoms with Crippen LogP contribution in [0.3, 0.4) is 0 Å². The Bertz CT molecular complexity index is 1630. The number of hydrogen-bond donors (Lipinski definition) is 0. The van der Waals surface area contributed by atoms with Crippen molar-refractivity contribution >= 4 is 30.6 Å². The monoisotopic (exact) mass is 642 g/mol. The third kappa shape index (κ3) is 7.74. The van der Waals surface area contributed by atoms with Gasteiger partial charge in [0.05, 0.1) is 14.2 Å². The smallest absolute Gasteiger partial charge is 0.427 e. The second-order valence-corrected chi connectivity index (χ2v) is 12.2. The largest absolute Gasteiger partial charge is 0.497 e. The Labute approximate surface area is 284 Å². The average molecular weight is 643 g/mol. The van der Waals surface area contributed by atoms with Crippen molar-refractivity contribution in [3.63, 3.8) is 0 Å². The van der Waals surface area contributed by atoms with Crippen molar-refractivity contribution in [2.45, 2.75) is 51.9 Å². The van der Waals surface area contributed by atoms with Gasteiger partial charge in [-0.05, 0) is 86.4 Å². The summed E-state index contributed by atoms with van der Waals surface area (Å²) in [7, 11) is 3.33. The Kier molecular flexibility index (Phi) is 11.2. The summed E-state index contributed by atoms with van der Waals surface area (Å²) in [5, 5.41) is 3.85. The number of methoxy groups -OCH3 is 2. The number of nitrogens with zero attached hydrogens (tertiary/aromatic N) is 4. The van der Waals surface area contributed by atoms with Crippen molar-refractivity contribution in [3.8, 4) is 11.5 Å².